The second kappa shape index (κ2) is 4.23. The summed E-state index contributed by atoms with van der Waals surface area (Å²) in [5.74, 6) is 0.740. The van der Waals surface area contributed by atoms with Gasteiger partial charge < -0.3 is 10.3 Å². The van der Waals surface area contributed by atoms with Crippen molar-refractivity contribution in [2.45, 2.75) is 13.8 Å². The Labute approximate surface area is 95.2 Å². The lowest BCUT2D eigenvalue weighted by atomic mass is 10.1. The summed E-state index contributed by atoms with van der Waals surface area (Å²) in [6, 6.07) is 10.1. The summed E-state index contributed by atoms with van der Waals surface area (Å²) in [6.45, 7) is 7.71. The fourth-order valence-corrected chi connectivity index (χ4v) is 1.60. The van der Waals surface area contributed by atoms with Crippen LogP contribution < -0.4 is 5.32 Å². The van der Waals surface area contributed by atoms with E-state index in [4.69, 9.17) is 0 Å². The zero-order valence-corrected chi connectivity index (χ0v) is 9.54. The molecule has 0 aliphatic heterocycles. The van der Waals surface area contributed by atoms with Gasteiger partial charge in [-0.3, -0.25) is 0 Å². The van der Waals surface area contributed by atoms with Crippen LogP contribution in [0.5, 0.6) is 0 Å². The van der Waals surface area contributed by atoms with Crippen molar-refractivity contribution in [3.8, 4) is 11.3 Å². The Morgan fingerprint density at radius 3 is 2.62 bits per heavy atom. The third-order valence-corrected chi connectivity index (χ3v) is 2.26. The number of nitrogens with zero attached hydrogens (tertiary/aromatic N) is 1. The van der Waals surface area contributed by atoms with E-state index in [0.29, 0.717) is 0 Å². The standard InChI is InChI=1S/C13H15N3/c1-9(2)14-13-15-10(3)12(16-13)11-7-5-4-6-8-11/h4-8H,1H2,2-3H3,(H2,14,15,16). The predicted octanol–water partition coefficient (Wildman–Crippen LogP) is 3.33. The molecule has 0 bridgehead atoms. The Hall–Kier alpha value is -2.03. The van der Waals surface area contributed by atoms with E-state index < -0.39 is 0 Å². The zero-order valence-electron chi connectivity index (χ0n) is 9.54. The van der Waals surface area contributed by atoms with Crippen molar-refractivity contribution in [3.05, 3.63) is 48.3 Å². The van der Waals surface area contributed by atoms with E-state index in [-0.39, 0.29) is 0 Å². The van der Waals surface area contributed by atoms with Gasteiger partial charge in [-0.1, -0.05) is 36.9 Å². The third-order valence-electron chi connectivity index (χ3n) is 2.26. The number of anilines is 1. The lowest BCUT2D eigenvalue weighted by Crippen LogP contribution is -1.95. The summed E-state index contributed by atoms with van der Waals surface area (Å²) in [4.78, 5) is 7.68. The van der Waals surface area contributed by atoms with E-state index in [1.54, 1.807) is 0 Å². The number of nitrogens with one attached hydrogen (secondary N) is 2. The maximum atomic E-state index is 4.49. The van der Waals surface area contributed by atoms with E-state index in [1.165, 1.54) is 0 Å². The molecule has 0 aliphatic rings. The molecule has 0 saturated heterocycles. The van der Waals surface area contributed by atoms with Gasteiger partial charge in [-0.15, -0.1) is 0 Å². The Morgan fingerprint density at radius 1 is 1.31 bits per heavy atom. The molecule has 1 aromatic carbocycles. The number of hydrogen-bond donors (Lipinski definition) is 2. The van der Waals surface area contributed by atoms with Crippen molar-refractivity contribution < 1.29 is 0 Å². The number of aryl methyl sites for hydroxylation is 1. The quantitative estimate of drug-likeness (QED) is 0.821. The smallest absolute Gasteiger partial charge is 0.205 e. The lowest BCUT2D eigenvalue weighted by Gasteiger charge is -1.98. The van der Waals surface area contributed by atoms with Crippen LogP contribution in [0.1, 0.15) is 12.6 Å². The number of aromatic amines is 1. The van der Waals surface area contributed by atoms with Crippen LogP contribution in [0.15, 0.2) is 42.6 Å². The van der Waals surface area contributed by atoms with Gasteiger partial charge in [0.1, 0.15) is 0 Å². The predicted molar refractivity (Wildman–Crippen MR) is 67.2 cm³/mol. The third kappa shape index (κ3) is 2.14. The topological polar surface area (TPSA) is 40.7 Å². The molecule has 1 heterocycles. The van der Waals surface area contributed by atoms with Gasteiger partial charge in [0.25, 0.3) is 0 Å². The molecule has 0 unspecified atom stereocenters. The summed E-state index contributed by atoms with van der Waals surface area (Å²) in [6.07, 6.45) is 0. The highest BCUT2D eigenvalue weighted by Crippen LogP contribution is 2.22. The van der Waals surface area contributed by atoms with E-state index in [1.807, 2.05) is 44.2 Å². The number of allylic oxidation sites excluding steroid dienone is 1. The highest BCUT2D eigenvalue weighted by Gasteiger charge is 2.07. The normalized spacial score (nSPS) is 10.1. The number of hydrogen-bond acceptors (Lipinski definition) is 2. The molecule has 2 aromatic rings. The van der Waals surface area contributed by atoms with Crippen LogP contribution in [0.4, 0.5) is 5.95 Å². The van der Waals surface area contributed by atoms with E-state index in [9.17, 15) is 0 Å². The van der Waals surface area contributed by atoms with Gasteiger partial charge in [0.15, 0.2) is 0 Å². The first-order valence-corrected chi connectivity index (χ1v) is 5.21. The molecule has 0 fully saturated rings. The first-order chi connectivity index (χ1) is 7.66. The average Bonchev–Trinajstić information content (AvgIpc) is 2.60. The molecule has 0 aliphatic carbocycles. The van der Waals surface area contributed by atoms with Gasteiger partial charge in [0.2, 0.25) is 5.95 Å². The number of benzene rings is 1. The van der Waals surface area contributed by atoms with Crippen molar-refractivity contribution in [2.75, 3.05) is 5.32 Å². The van der Waals surface area contributed by atoms with Crippen LogP contribution in [0, 0.1) is 6.92 Å². The lowest BCUT2D eigenvalue weighted by molar-refractivity contribution is 1.21. The minimum atomic E-state index is 0.740. The Kier molecular flexibility index (Phi) is 2.77. The minimum absolute atomic E-state index is 0.740. The molecule has 16 heavy (non-hydrogen) atoms. The Balaban J connectivity index is 2.36. The van der Waals surface area contributed by atoms with Crippen LogP contribution in [0.25, 0.3) is 11.3 Å². The molecule has 0 amide bonds. The second-order valence-electron chi connectivity index (χ2n) is 3.83. The number of imidazole rings is 1. The van der Waals surface area contributed by atoms with Crippen molar-refractivity contribution in [2.24, 2.45) is 0 Å². The van der Waals surface area contributed by atoms with Gasteiger partial charge in [0.05, 0.1) is 5.69 Å². The van der Waals surface area contributed by atoms with Crippen LogP contribution in [-0.2, 0) is 0 Å². The highest BCUT2D eigenvalue weighted by molar-refractivity contribution is 5.64. The van der Waals surface area contributed by atoms with Crippen molar-refractivity contribution in [1.82, 2.24) is 9.97 Å². The number of rotatable bonds is 3. The largest absolute Gasteiger partial charge is 0.330 e. The van der Waals surface area contributed by atoms with Gasteiger partial charge in [-0.2, -0.15) is 0 Å². The van der Waals surface area contributed by atoms with Crippen LogP contribution in [0.3, 0.4) is 0 Å². The number of H-pyrrole nitrogens is 1. The summed E-state index contributed by atoms with van der Waals surface area (Å²) in [5, 5.41) is 3.07. The molecule has 0 spiro atoms. The second-order valence-corrected chi connectivity index (χ2v) is 3.83. The molecular weight excluding hydrogens is 198 g/mol. The van der Waals surface area contributed by atoms with Crippen molar-refractivity contribution >= 4 is 5.95 Å². The summed E-state index contributed by atoms with van der Waals surface area (Å²) in [7, 11) is 0. The van der Waals surface area contributed by atoms with Crippen molar-refractivity contribution in [1.29, 1.82) is 0 Å². The van der Waals surface area contributed by atoms with E-state index in [2.05, 4.69) is 21.9 Å². The van der Waals surface area contributed by atoms with Gasteiger partial charge in [-0.05, 0) is 13.8 Å². The Bertz CT molecular complexity index is 497. The summed E-state index contributed by atoms with van der Waals surface area (Å²) in [5.41, 5.74) is 4.01. The molecule has 3 nitrogen and oxygen atoms in total. The first kappa shape index (κ1) is 10.5. The molecule has 0 atom stereocenters. The van der Waals surface area contributed by atoms with Gasteiger partial charge in [0, 0.05) is 17.0 Å². The highest BCUT2D eigenvalue weighted by atomic mass is 15.1. The summed E-state index contributed by atoms with van der Waals surface area (Å²) >= 11 is 0. The summed E-state index contributed by atoms with van der Waals surface area (Å²) < 4.78 is 0. The molecule has 2 N–H and O–H groups in total. The maximum Gasteiger partial charge on any atom is 0.205 e. The zero-order chi connectivity index (χ0) is 11.5. The van der Waals surface area contributed by atoms with Crippen molar-refractivity contribution in [3.63, 3.8) is 0 Å². The van der Waals surface area contributed by atoms with Crippen LogP contribution in [0.2, 0.25) is 0 Å². The fraction of sp³-hybridized carbons (Fsp3) is 0.154. The van der Waals surface area contributed by atoms with Crippen LogP contribution in [-0.4, -0.2) is 9.97 Å². The molecule has 1 aromatic heterocycles. The van der Waals surface area contributed by atoms with Gasteiger partial charge in [-0.25, -0.2) is 4.98 Å². The monoisotopic (exact) mass is 213 g/mol. The molecular formula is C13H15N3. The number of aromatic nitrogens is 2. The van der Waals surface area contributed by atoms with E-state index in [0.717, 1.165) is 28.6 Å². The fourth-order valence-electron chi connectivity index (χ4n) is 1.60. The molecule has 82 valence electrons. The molecule has 0 radical (unpaired) electrons. The molecule has 0 saturated carbocycles. The van der Waals surface area contributed by atoms with Crippen LogP contribution >= 0.6 is 0 Å². The Morgan fingerprint density at radius 2 is 2.00 bits per heavy atom. The minimum Gasteiger partial charge on any atom is -0.330 e. The van der Waals surface area contributed by atoms with Gasteiger partial charge >= 0.3 is 0 Å². The van der Waals surface area contributed by atoms with E-state index >= 15 is 0 Å². The molecule has 3 heteroatoms. The maximum absolute atomic E-state index is 4.49. The average molecular weight is 213 g/mol. The molecule has 2 rings (SSSR count). The SMILES string of the molecule is C=C(C)Nc1nc(-c2ccccc2)c(C)[nH]1. The first-order valence-electron chi connectivity index (χ1n) is 5.21.